The van der Waals surface area contributed by atoms with E-state index in [9.17, 15) is 14.4 Å². The molecule has 5 atom stereocenters. The first-order chi connectivity index (χ1) is 17.8. The SMILES string of the molecule is CC(C)OCCCN1C(=O)[C@H]2[C@@H](C(=O)Nc3cccc(Cl)c3)[C@H]3C=C[C@@]2(O3)[C@H]1C(=O)NC1CCCCC1. The summed E-state index contributed by atoms with van der Waals surface area (Å²) in [4.78, 5) is 42.8. The van der Waals surface area contributed by atoms with Crippen molar-refractivity contribution in [1.82, 2.24) is 10.2 Å². The predicted octanol–water partition coefficient (Wildman–Crippen LogP) is 3.69. The quantitative estimate of drug-likeness (QED) is 0.375. The zero-order valence-corrected chi connectivity index (χ0v) is 22.2. The Morgan fingerprint density at radius 3 is 2.73 bits per heavy atom. The molecule has 5 rings (SSSR count). The number of benzene rings is 1. The monoisotopic (exact) mass is 529 g/mol. The zero-order valence-electron chi connectivity index (χ0n) is 21.5. The second-order valence-electron chi connectivity index (χ2n) is 10.8. The molecule has 37 heavy (non-hydrogen) atoms. The Balaban J connectivity index is 1.40. The van der Waals surface area contributed by atoms with Crippen LogP contribution in [0.1, 0.15) is 52.4 Å². The molecule has 9 heteroatoms. The molecule has 8 nitrogen and oxygen atoms in total. The molecular formula is C28H36ClN3O5. The number of carbonyl (C=O) groups excluding carboxylic acids is 3. The Hall–Kier alpha value is -2.42. The summed E-state index contributed by atoms with van der Waals surface area (Å²) in [7, 11) is 0. The van der Waals surface area contributed by atoms with E-state index in [1.165, 1.54) is 6.42 Å². The number of halogens is 1. The van der Waals surface area contributed by atoms with E-state index in [4.69, 9.17) is 21.1 Å². The molecule has 3 fully saturated rings. The van der Waals surface area contributed by atoms with Crippen LogP contribution < -0.4 is 10.6 Å². The van der Waals surface area contributed by atoms with Gasteiger partial charge in [0.05, 0.1) is 24.0 Å². The van der Waals surface area contributed by atoms with Crippen LogP contribution in [0.25, 0.3) is 0 Å². The second kappa shape index (κ2) is 10.8. The van der Waals surface area contributed by atoms with Gasteiger partial charge in [0.2, 0.25) is 17.7 Å². The third kappa shape index (κ3) is 5.03. The van der Waals surface area contributed by atoms with Crippen molar-refractivity contribution < 1.29 is 23.9 Å². The highest BCUT2D eigenvalue weighted by Crippen LogP contribution is 2.55. The van der Waals surface area contributed by atoms with Crippen LogP contribution in [0, 0.1) is 11.8 Å². The summed E-state index contributed by atoms with van der Waals surface area (Å²) in [5.74, 6) is -2.23. The number of anilines is 1. The molecule has 1 spiro atoms. The Morgan fingerprint density at radius 1 is 1.22 bits per heavy atom. The van der Waals surface area contributed by atoms with Crippen molar-refractivity contribution in [2.75, 3.05) is 18.5 Å². The summed E-state index contributed by atoms with van der Waals surface area (Å²) >= 11 is 6.09. The summed E-state index contributed by atoms with van der Waals surface area (Å²) in [5, 5.41) is 6.61. The highest BCUT2D eigenvalue weighted by atomic mass is 35.5. The fourth-order valence-corrected chi connectivity index (χ4v) is 6.57. The number of hydrogen-bond acceptors (Lipinski definition) is 5. The van der Waals surface area contributed by atoms with Gasteiger partial charge in [-0.2, -0.15) is 0 Å². The number of hydrogen-bond donors (Lipinski definition) is 2. The van der Waals surface area contributed by atoms with Crippen molar-refractivity contribution >= 4 is 35.0 Å². The van der Waals surface area contributed by atoms with E-state index in [-0.39, 0.29) is 29.9 Å². The van der Waals surface area contributed by atoms with Crippen LogP contribution in [0.3, 0.4) is 0 Å². The lowest BCUT2D eigenvalue weighted by atomic mass is 9.74. The average molecular weight is 530 g/mol. The number of amides is 3. The molecule has 1 aromatic rings. The summed E-state index contributed by atoms with van der Waals surface area (Å²) in [5.41, 5.74) is -0.603. The van der Waals surface area contributed by atoms with E-state index in [1.807, 2.05) is 26.0 Å². The second-order valence-corrected chi connectivity index (χ2v) is 11.3. The minimum Gasteiger partial charge on any atom is -0.379 e. The van der Waals surface area contributed by atoms with Crippen molar-refractivity contribution in [2.45, 2.75) is 82.3 Å². The highest BCUT2D eigenvalue weighted by Gasteiger charge is 2.72. The molecule has 2 bridgehead atoms. The van der Waals surface area contributed by atoms with Gasteiger partial charge >= 0.3 is 0 Å². The summed E-state index contributed by atoms with van der Waals surface area (Å²) < 4.78 is 12.1. The predicted molar refractivity (Wildman–Crippen MR) is 140 cm³/mol. The summed E-state index contributed by atoms with van der Waals surface area (Å²) in [6.07, 6.45) is 9.02. The van der Waals surface area contributed by atoms with E-state index >= 15 is 0 Å². The van der Waals surface area contributed by atoms with E-state index in [0.29, 0.717) is 30.3 Å². The summed E-state index contributed by atoms with van der Waals surface area (Å²) in [6.45, 7) is 4.77. The molecule has 200 valence electrons. The van der Waals surface area contributed by atoms with Crippen molar-refractivity contribution in [2.24, 2.45) is 11.8 Å². The number of likely N-dealkylation sites (tertiary alicyclic amines) is 1. The van der Waals surface area contributed by atoms with Gasteiger partial charge in [-0.05, 0) is 51.3 Å². The Bertz CT molecular complexity index is 1070. The van der Waals surface area contributed by atoms with Crippen LogP contribution in [-0.2, 0) is 23.9 Å². The van der Waals surface area contributed by atoms with Crippen LogP contribution in [0.2, 0.25) is 5.02 Å². The van der Waals surface area contributed by atoms with Crippen molar-refractivity contribution in [3.8, 4) is 0 Å². The maximum Gasteiger partial charge on any atom is 0.246 e. The highest BCUT2D eigenvalue weighted by molar-refractivity contribution is 6.30. The van der Waals surface area contributed by atoms with Crippen LogP contribution in [0.15, 0.2) is 36.4 Å². The van der Waals surface area contributed by atoms with Crippen LogP contribution >= 0.6 is 11.6 Å². The van der Waals surface area contributed by atoms with E-state index in [2.05, 4.69) is 10.6 Å². The molecule has 0 aromatic heterocycles. The maximum atomic E-state index is 13.9. The molecule has 0 radical (unpaired) electrons. The van der Waals surface area contributed by atoms with Crippen LogP contribution in [-0.4, -0.2) is 65.7 Å². The van der Waals surface area contributed by atoms with Gasteiger partial charge in [0.1, 0.15) is 11.6 Å². The maximum absolute atomic E-state index is 13.9. The van der Waals surface area contributed by atoms with E-state index in [0.717, 1.165) is 25.7 Å². The van der Waals surface area contributed by atoms with Gasteiger partial charge in [-0.25, -0.2) is 0 Å². The van der Waals surface area contributed by atoms with Crippen molar-refractivity contribution in [1.29, 1.82) is 0 Å². The number of nitrogens with one attached hydrogen (secondary N) is 2. The molecule has 0 unspecified atom stereocenters. The lowest BCUT2D eigenvalue weighted by Crippen LogP contribution is -2.56. The van der Waals surface area contributed by atoms with Gasteiger partial charge in [-0.3, -0.25) is 14.4 Å². The van der Waals surface area contributed by atoms with E-state index in [1.54, 1.807) is 29.2 Å². The zero-order chi connectivity index (χ0) is 26.2. The number of rotatable bonds is 9. The lowest BCUT2D eigenvalue weighted by molar-refractivity contribution is -0.141. The number of fused-ring (bicyclic) bond motifs is 1. The Morgan fingerprint density at radius 2 is 2.00 bits per heavy atom. The largest absolute Gasteiger partial charge is 0.379 e. The Kier molecular flexibility index (Phi) is 7.61. The molecular weight excluding hydrogens is 494 g/mol. The number of carbonyl (C=O) groups is 3. The lowest BCUT2D eigenvalue weighted by Gasteiger charge is -2.34. The molecule has 4 aliphatic rings. The third-order valence-electron chi connectivity index (χ3n) is 7.96. The third-order valence-corrected chi connectivity index (χ3v) is 8.20. The van der Waals surface area contributed by atoms with Crippen LogP contribution in [0.4, 0.5) is 5.69 Å². The first kappa shape index (κ1) is 26.2. The van der Waals surface area contributed by atoms with Gasteiger partial charge in [0.25, 0.3) is 0 Å². The number of nitrogens with zero attached hydrogens (tertiary/aromatic N) is 1. The normalized spacial score (nSPS) is 30.7. The van der Waals surface area contributed by atoms with Gasteiger partial charge in [0, 0.05) is 29.9 Å². The standard InChI is InChI=1S/C28H36ClN3O5/c1-17(2)36-15-7-14-32-24(26(34)30-19-9-4-3-5-10-19)28-13-12-21(37-28)22(23(28)27(32)35)25(33)31-20-11-6-8-18(29)16-20/h6,8,11-13,16-17,19,21-24H,3-5,7,9-10,14-15H2,1-2H3,(H,30,34)(H,31,33)/t21-,22+,23-,24-,28+/m1/s1. The molecule has 3 aliphatic heterocycles. The van der Waals surface area contributed by atoms with Crippen molar-refractivity contribution in [3.63, 3.8) is 0 Å². The topological polar surface area (TPSA) is 97.0 Å². The van der Waals surface area contributed by atoms with Gasteiger partial charge in [-0.1, -0.05) is 49.1 Å². The molecule has 1 aliphatic carbocycles. The fourth-order valence-electron chi connectivity index (χ4n) is 6.38. The molecule has 2 N–H and O–H groups in total. The molecule has 1 saturated carbocycles. The molecule has 2 saturated heterocycles. The minimum absolute atomic E-state index is 0.0825. The first-order valence-electron chi connectivity index (χ1n) is 13.5. The number of ether oxygens (including phenoxy) is 2. The first-order valence-corrected chi connectivity index (χ1v) is 13.8. The van der Waals surface area contributed by atoms with E-state index < -0.39 is 29.6 Å². The summed E-state index contributed by atoms with van der Waals surface area (Å²) in [6, 6.07) is 6.17. The van der Waals surface area contributed by atoms with Gasteiger partial charge in [-0.15, -0.1) is 0 Å². The molecule has 3 heterocycles. The molecule has 3 amide bonds. The minimum atomic E-state index is -1.16. The fraction of sp³-hybridized carbons (Fsp3) is 0.607. The van der Waals surface area contributed by atoms with Crippen molar-refractivity contribution in [3.05, 3.63) is 41.4 Å². The van der Waals surface area contributed by atoms with Crippen LogP contribution in [0.5, 0.6) is 0 Å². The van der Waals surface area contributed by atoms with Gasteiger partial charge < -0.3 is 25.0 Å². The molecule has 1 aromatic carbocycles. The average Bonchev–Trinajstić information content (AvgIpc) is 3.50. The van der Waals surface area contributed by atoms with Gasteiger partial charge in [0.15, 0.2) is 0 Å². The Labute approximate surface area is 223 Å². The smallest absolute Gasteiger partial charge is 0.246 e.